The summed E-state index contributed by atoms with van der Waals surface area (Å²) in [6.07, 6.45) is 0.807. The molecule has 0 unspecified atom stereocenters. The van der Waals surface area contributed by atoms with Crippen molar-refractivity contribution in [2.24, 2.45) is 7.05 Å². The number of aryl methyl sites for hydroxylation is 1. The van der Waals surface area contributed by atoms with Gasteiger partial charge in [0.1, 0.15) is 11.0 Å². The third-order valence-corrected chi connectivity index (χ3v) is 5.85. The number of hydrogen-bond donors (Lipinski definition) is 0. The molecule has 24 heavy (non-hydrogen) atoms. The van der Waals surface area contributed by atoms with E-state index in [1.807, 2.05) is 17.7 Å². The van der Waals surface area contributed by atoms with E-state index in [4.69, 9.17) is 4.98 Å². The maximum atomic E-state index is 13.1. The summed E-state index contributed by atoms with van der Waals surface area (Å²) >= 11 is 1.51. The summed E-state index contributed by atoms with van der Waals surface area (Å²) in [5, 5.41) is 0. The van der Waals surface area contributed by atoms with Crippen molar-refractivity contribution in [3.05, 3.63) is 45.1 Å². The second-order valence-electron chi connectivity index (χ2n) is 7.05. The highest BCUT2D eigenvalue weighted by Gasteiger charge is 2.21. The van der Waals surface area contributed by atoms with Crippen LogP contribution < -0.4 is 5.56 Å². The summed E-state index contributed by atoms with van der Waals surface area (Å²) in [6, 6.07) is 7.32. The second-order valence-corrected chi connectivity index (χ2v) is 8.10. The average Bonchev–Trinajstić information content (AvgIpc) is 3.08. The van der Waals surface area contributed by atoms with Crippen LogP contribution in [0.2, 0.25) is 0 Å². The maximum Gasteiger partial charge on any atom is 0.277 e. The summed E-state index contributed by atoms with van der Waals surface area (Å²) < 4.78 is 4.16. The standard InChI is InChI=1S/C18H17N3O2S/c1-18(2,3)14-8-11-15(24-14)16(23)21-12-6-5-10(9-22)7-13(12)20(4)17(21)19-11/h5-9H,1-4H3. The minimum Gasteiger partial charge on any atom is -0.313 e. The lowest BCUT2D eigenvalue weighted by atomic mass is 9.95. The Morgan fingerprint density at radius 2 is 1.92 bits per heavy atom. The number of thiophene rings is 1. The molecule has 0 aliphatic rings. The zero-order chi connectivity index (χ0) is 17.2. The number of nitrogens with zero attached hydrogens (tertiary/aromatic N) is 3. The molecule has 122 valence electrons. The molecule has 0 atom stereocenters. The first-order chi connectivity index (χ1) is 11.3. The van der Waals surface area contributed by atoms with Crippen molar-refractivity contribution in [2.75, 3.05) is 0 Å². The molecule has 0 saturated heterocycles. The van der Waals surface area contributed by atoms with E-state index in [9.17, 15) is 9.59 Å². The molecule has 0 amide bonds. The molecule has 3 aromatic heterocycles. The van der Waals surface area contributed by atoms with Gasteiger partial charge < -0.3 is 4.57 Å². The van der Waals surface area contributed by atoms with Crippen molar-refractivity contribution in [1.82, 2.24) is 14.0 Å². The Kier molecular flexibility index (Phi) is 3.00. The highest BCUT2D eigenvalue weighted by molar-refractivity contribution is 7.19. The van der Waals surface area contributed by atoms with Crippen molar-refractivity contribution in [1.29, 1.82) is 0 Å². The first-order valence-electron chi connectivity index (χ1n) is 7.71. The summed E-state index contributed by atoms with van der Waals surface area (Å²) in [5.74, 6) is 0.587. The van der Waals surface area contributed by atoms with E-state index in [1.165, 1.54) is 11.3 Å². The van der Waals surface area contributed by atoms with Gasteiger partial charge in [-0.05, 0) is 29.7 Å². The van der Waals surface area contributed by atoms with Crippen molar-refractivity contribution in [3.8, 4) is 0 Å². The van der Waals surface area contributed by atoms with Crippen LogP contribution in [0.25, 0.3) is 27.0 Å². The SMILES string of the molecule is Cn1c2cc(C=O)ccc2n2c(=O)c3sc(C(C)(C)C)cc3nc12. The number of carbonyl (C=O) groups excluding carboxylic acids is 1. The number of benzene rings is 1. The zero-order valence-corrected chi connectivity index (χ0v) is 14.8. The first-order valence-corrected chi connectivity index (χ1v) is 8.53. The number of fused-ring (bicyclic) bond motifs is 4. The van der Waals surface area contributed by atoms with Gasteiger partial charge in [0.2, 0.25) is 5.78 Å². The molecule has 5 nitrogen and oxygen atoms in total. The smallest absolute Gasteiger partial charge is 0.277 e. The van der Waals surface area contributed by atoms with Crippen LogP contribution in [-0.4, -0.2) is 20.2 Å². The number of imidazole rings is 1. The van der Waals surface area contributed by atoms with Gasteiger partial charge >= 0.3 is 0 Å². The molecule has 1 aromatic carbocycles. The zero-order valence-electron chi connectivity index (χ0n) is 14.0. The third-order valence-electron chi connectivity index (χ3n) is 4.31. The number of hydrogen-bond acceptors (Lipinski definition) is 4. The summed E-state index contributed by atoms with van der Waals surface area (Å²) in [4.78, 5) is 30.0. The quantitative estimate of drug-likeness (QED) is 0.499. The third kappa shape index (κ3) is 1.96. The normalized spacial score (nSPS) is 12.5. The summed E-state index contributed by atoms with van der Waals surface area (Å²) in [7, 11) is 1.86. The Balaban J connectivity index is 2.18. The predicted molar refractivity (Wildman–Crippen MR) is 97.4 cm³/mol. The first kappa shape index (κ1) is 15.1. The van der Waals surface area contributed by atoms with E-state index in [1.54, 1.807) is 22.6 Å². The lowest BCUT2D eigenvalue weighted by Crippen LogP contribution is -2.13. The van der Waals surface area contributed by atoms with Gasteiger partial charge in [-0.1, -0.05) is 20.8 Å². The molecule has 0 saturated carbocycles. The molecule has 0 N–H and O–H groups in total. The molecule has 0 fully saturated rings. The summed E-state index contributed by atoms with van der Waals surface area (Å²) in [5.41, 5.74) is 2.83. The predicted octanol–water partition coefficient (Wildman–Crippen LogP) is 3.51. The molecule has 0 radical (unpaired) electrons. The second kappa shape index (κ2) is 4.77. The van der Waals surface area contributed by atoms with Crippen molar-refractivity contribution in [2.45, 2.75) is 26.2 Å². The van der Waals surface area contributed by atoms with E-state index in [0.717, 1.165) is 27.7 Å². The molecule has 4 aromatic rings. The van der Waals surface area contributed by atoms with Crippen LogP contribution >= 0.6 is 11.3 Å². The van der Waals surface area contributed by atoms with Crippen LogP contribution in [0.15, 0.2) is 29.1 Å². The molecule has 0 bridgehead atoms. The number of aldehydes is 1. The van der Waals surface area contributed by atoms with E-state index < -0.39 is 0 Å². The Hall–Kier alpha value is -2.47. The fourth-order valence-electron chi connectivity index (χ4n) is 2.96. The molecular formula is C18H17N3O2S. The van der Waals surface area contributed by atoms with Gasteiger partial charge in [-0.2, -0.15) is 0 Å². The number of rotatable bonds is 1. The Morgan fingerprint density at radius 3 is 2.58 bits per heavy atom. The minimum absolute atomic E-state index is 0.0183. The van der Waals surface area contributed by atoms with Gasteiger partial charge in [0.05, 0.1) is 16.6 Å². The Bertz CT molecular complexity index is 1190. The minimum atomic E-state index is -0.0556. The monoisotopic (exact) mass is 339 g/mol. The fourth-order valence-corrected chi connectivity index (χ4v) is 4.04. The van der Waals surface area contributed by atoms with Crippen molar-refractivity contribution >= 4 is 44.7 Å². The van der Waals surface area contributed by atoms with Crippen LogP contribution in [0, 0.1) is 0 Å². The van der Waals surface area contributed by atoms with Gasteiger partial charge in [-0.3, -0.25) is 9.59 Å². The van der Waals surface area contributed by atoms with E-state index >= 15 is 0 Å². The van der Waals surface area contributed by atoms with E-state index in [-0.39, 0.29) is 11.0 Å². The Morgan fingerprint density at radius 1 is 1.17 bits per heavy atom. The van der Waals surface area contributed by atoms with Crippen molar-refractivity contribution < 1.29 is 4.79 Å². The topological polar surface area (TPSA) is 56.4 Å². The van der Waals surface area contributed by atoms with Gasteiger partial charge in [0.25, 0.3) is 5.56 Å². The van der Waals surface area contributed by atoms with Gasteiger partial charge in [-0.25, -0.2) is 9.38 Å². The maximum absolute atomic E-state index is 13.1. The molecule has 0 spiro atoms. The average molecular weight is 339 g/mol. The molecule has 4 rings (SSSR count). The van der Waals surface area contributed by atoms with Gasteiger partial charge in [0, 0.05) is 17.5 Å². The highest BCUT2D eigenvalue weighted by atomic mass is 32.1. The molecular weight excluding hydrogens is 322 g/mol. The van der Waals surface area contributed by atoms with Crippen molar-refractivity contribution in [3.63, 3.8) is 0 Å². The van der Waals surface area contributed by atoms with Crippen LogP contribution in [0.1, 0.15) is 36.0 Å². The molecule has 6 heteroatoms. The fraction of sp³-hybridized carbons (Fsp3) is 0.278. The Labute approximate surface area is 142 Å². The van der Waals surface area contributed by atoms with Crippen LogP contribution in [0.5, 0.6) is 0 Å². The number of carbonyl (C=O) groups is 1. The van der Waals surface area contributed by atoms with Gasteiger partial charge in [0.15, 0.2) is 0 Å². The van der Waals surface area contributed by atoms with Crippen LogP contribution in [0.3, 0.4) is 0 Å². The number of aromatic nitrogens is 3. The van der Waals surface area contributed by atoms with Crippen LogP contribution in [0.4, 0.5) is 0 Å². The largest absolute Gasteiger partial charge is 0.313 e. The molecule has 0 aliphatic carbocycles. The lowest BCUT2D eigenvalue weighted by molar-refractivity contribution is 0.112. The van der Waals surface area contributed by atoms with Crippen LogP contribution in [-0.2, 0) is 12.5 Å². The summed E-state index contributed by atoms with van der Waals surface area (Å²) in [6.45, 7) is 6.39. The highest BCUT2D eigenvalue weighted by Crippen LogP contribution is 2.32. The van der Waals surface area contributed by atoms with E-state index in [2.05, 4.69) is 20.8 Å². The van der Waals surface area contributed by atoms with E-state index in [0.29, 0.717) is 16.0 Å². The lowest BCUT2D eigenvalue weighted by Gasteiger charge is -2.14. The van der Waals surface area contributed by atoms with Gasteiger partial charge in [-0.15, -0.1) is 11.3 Å². The molecule has 3 heterocycles. The molecule has 0 aliphatic heterocycles.